The molecular weight excluding hydrogens is 331 g/mol. The Morgan fingerprint density at radius 2 is 1.92 bits per heavy atom. The lowest BCUT2D eigenvalue weighted by Crippen LogP contribution is -2.27. The van der Waals surface area contributed by atoms with Crippen molar-refractivity contribution in [3.63, 3.8) is 0 Å². The predicted molar refractivity (Wildman–Crippen MR) is 91.7 cm³/mol. The van der Waals surface area contributed by atoms with Crippen molar-refractivity contribution in [1.29, 1.82) is 0 Å². The first kappa shape index (κ1) is 16.0. The summed E-state index contributed by atoms with van der Waals surface area (Å²) in [6, 6.07) is 2.40. The van der Waals surface area contributed by atoms with E-state index >= 15 is 0 Å². The number of halogens is 3. The first-order valence-corrected chi connectivity index (χ1v) is 9.16. The van der Waals surface area contributed by atoms with Crippen molar-refractivity contribution in [2.45, 2.75) is 39.0 Å². The molecule has 0 bridgehead atoms. The second-order valence-corrected chi connectivity index (χ2v) is 8.39. The van der Waals surface area contributed by atoms with Gasteiger partial charge in [-0.3, -0.25) is 4.99 Å². The Hall–Kier alpha value is -1.49. The minimum atomic E-state index is -1.39. The monoisotopic (exact) mass is 349 g/mol. The Morgan fingerprint density at radius 3 is 2.71 bits per heavy atom. The molecular formula is C19H18F3NS. The molecule has 0 saturated carbocycles. The normalized spacial score (nSPS) is 25.1. The van der Waals surface area contributed by atoms with Gasteiger partial charge in [-0.25, -0.2) is 13.2 Å². The van der Waals surface area contributed by atoms with Gasteiger partial charge in [0.1, 0.15) is 0 Å². The Bertz CT molecular complexity index is 820. The molecule has 1 aromatic carbocycles. The van der Waals surface area contributed by atoms with Crippen molar-refractivity contribution in [2.75, 3.05) is 5.75 Å². The van der Waals surface area contributed by atoms with Crippen molar-refractivity contribution in [3.05, 3.63) is 57.4 Å². The van der Waals surface area contributed by atoms with Gasteiger partial charge < -0.3 is 0 Å². The van der Waals surface area contributed by atoms with Crippen molar-refractivity contribution in [2.24, 2.45) is 10.4 Å². The van der Waals surface area contributed by atoms with E-state index in [1.54, 1.807) is 11.8 Å². The number of hydrogen-bond donors (Lipinski definition) is 0. The van der Waals surface area contributed by atoms with Crippen LogP contribution in [0.1, 0.15) is 44.6 Å². The molecule has 1 aliphatic carbocycles. The summed E-state index contributed by atoms with van der Waals surface area (Å²) in [4.78, 5) is 5.79. The van der Waals surface area contributed by atoms with Crippen LogP contribution in [0.3, 0.4) is 0 Å². The maximum Gasteiger partial charge on any atom is 0.194 e. The van der Waals surface area contributed by atoms with E-state index in [2.05, 4.69) is 19.9 Å². The largest absolute Gasteiger partial charge is 0.257 e. The molecule has 2 heterocycles. The third kappa shape index (κ3) is 2.44. The lowest BCUT2D eigenvalue weighted by atomic mass is 9.72. The fourth-order valence-corrected chi connectivity index (χ4v) is 4.98. The van der Waals surface area contributed by atoms with Crippen molar-refractivity contribution in [1.82, 2.24) is 0 Å². The number of benzene rings is 1. The Morgan fingerprint density at radius 1 is 1.12 bits per heavy atom. The number of nitrogens with zero attached hydrogens (tertiary/aromatic N) is 1. The summed E-state index contributed by atoms with van der Waals surface area (Å²) in [5, 5.41) is 0. The van der Waals surface area contributed by atoms with E-state index in [-0.39, 0.29) is 16.9 Å². The minimum Gasteiger partial charge on any atom is -0.257 e. The van der Waals surface area contributed by atoms with Gasteiger partial charge >= 0.3 is 0 Å². The van der Waals surface area contributed by atoms with Gasteiger partial charge in [0.25, 0.3) is 0 Å². The summed E-state index contributed by atoms with van der Waals surface area (Å²) in [6.45, 7) is 4.28. The molecule has 3 aliphatic rings. The van der Waals surface area contributed by atoms with Gasteiger partial charge in [0.2, 0.25) is 0 Å². The van der Waals surface area contributed by atoms with Crippen molar-refractivity contribution >= 4 is 17.5 Å². The van der Waals surface area contributed by atoms with E-state index in [0.29, 0.717) is 0 Å². The zero-order chi connectivity index (χ0) is 17.1. The Kier molecular flexibility index (Phi) is 3.68. The standard InChI is InChI=1S/C19H18F3NS/c1-19(2)7-5-13-11(9-19)15(18-14(23-13)6-8-24-18)10-3-4-12(20)17(22)16(10)21/h3-4,9,15H,5-8H2,1-2H3. The van der Waals surface area contributed by atoms with Crippen LogP contribution in [0.2, 0.25) is 0 Å². The highest BCUT2D eigenvalue weighted by Gasteiger charge is 2.39. The molecule has 0 spiro atoms. The molecule has 126 valence electrons. The average Bonchev–Trinajstić information content (AvgIpc) is 2.99. The predicted octanol–water partition coefficient (Wildman–Crippen LogP) is 5.74. The van der Waals surface area contributed by atoms with Crippen LogP contribution in [0.4, 0.5) is 13.2 Å². The molecule has 1 atom stereocenters. The van der Waals surface area contributed by atoms with E-state index < -0.39 is 17.5 Å². The van der Waals surface area contributed by atoms with E-state index in [4.69, 9.17) is 4.99 Å². The number of aliphatic imine (C=N–C) groups is 1. The van der Waals surface area contributed by atoms with Gasteiger partial charge in [-0.1, -0.05) is 26.0 Å². The van der Waals surface area contributed by atoms with Crippen LogP contribution in [0.15, 0.2) is 39.4 Å². The number of hydrogen-bond acceptors (Lipinski definition) is 2. The summed E-state index contributed by atoms with van der Waals surface area (Å²) in [5.41, 5.74) is 3.13. The Labute approximate surface area is 143 Å². The second kappa shape index (κ2) is 5.51. The van der Waals surface area contributed by atoms with Crippen LogP contribution in [0, 0.1) is 22.9 Å². The molecule has 2 aliphatic heterocycles. The summed E-state index contributed by atoms with van der Waals surface area (Å²) >= 11 is 1.65. The van der Waals surface area contributed by atoms with Crippen molar-refractivity contribution < 1.29 is 13.2 Å². The van der Waals surface area contributed by atoms with Crippen molar-refractivity contribution in [3.8, 4) is 0 Å². The average molecular weight is 349 g/mol. The van der Waals surface area contributed by atoms with E-state index in [9.17, 15) is 13.2 Å². The molecule has 0 saturated heterocycles. The van der Waals surface area contributed by atoms with Gasteiger partial charge in [-0.2, -0.15) is 0 Å². The molecule has 1 aromatic rings. The molecule has 24 heavy (non-hydrogen) atoms. The van der Waals surface area contributed by atoms with Crippen LogP contribution in [-0.4, -0.2) is 11.5 Å². The van der Waals surface area contributed by atoms with E-state index in [0.717, 1.165) is 53.0 Å². The topological polar surface area (TPSA) is 12.4 Å². The Balaban J connectivity index is 1.93. The first-order valence-electron chi connectivity index (χ1n) is 8.17. The summed E-state index contributed by atoms with van der Waals surface area (Å²) in [7, 11) is 0. The SMILES string of the molecule is CC1(C)C=C2C(=NC3=C(SCC3)C2c2ccc(F)c(F)c2F)CC1. The smallest absolute Gasteiger partial charge is 0.194 e. The lowest BCUT2D eigenvalue weighted by molar-refractivity contribution is 0.429. The minimum absolute atomic E-state index is 0.0109. The zero-order valence-electron chi connectivity index (χ0n) is 13.6. The maximum absolute atomic E-state index is 14.5. The van der Waals surface area contributed by atoms with Crippen LogP contribution < -0.4 is 0 Å². The molecule has 1 nitrogen and oxygen atoms in total. The van der Waals surface area contributed by atoms with Gasteiger partial charge in [0.05, 0.1) is 5.70 Å². The van der Waals surface area contributed by atoms with E-state index in [1.807, 2.05) is 0 Å². The summed E-state index contributed by atoms with van der Waals surface area (Å²) in [6.07, 6.45) is 4.81. The van der Waals surface area contributed by atoms with Gasteiger partial charge in [-0.15, -0.1) is 11.8 Å². The molecule has 4 rings (SSSR count). The van der Waals surface area contributed by atoms with Crippen LogP contribution in [-0.2, 0) is 0 Å². The van der Waals surface area contributed by atoms with Crippen LogP contribution >= 0.6 is 11.8 Å². The second-order valence-electron chi connectivity index (χ2n) is 7.25. The highest BCUT2D eigenvalue weighted by atomic mass is 32.2. The molecule has 0 aromatic heterocycles. The number of allylic oxidation sites excluding steroid dienone is 4. The molecule has 0 N–H and O–H groups in total. The number of thioether (sulfide) groups is 1. The third-order valence-electron chi connectivity index (χ3n) is 4.99. The van der Waals surface area contributed by atoms with Gasteiger partial charge in [-0.05, 0) is 36.3 Å². The number of rotatable bonds is 1. The quantitative estimate of drug-likeness (QED) is 0.589. The van der Waals surface area contributed by atoms with Crippen LogP contribution in [0.5, 0.6) is 0 Å². The van der Waals surface area contributed by atoms with E-state index in [1.165, 1.54) is 6.07 Å². The number of fused-ring (bicyclic) bond motifs is 1. The summed E-state index contributed by atoms with van der Waals surface area (Å²) < 4.78 is 41.8. The fourth-order valence-electron chi connectivity index (χ4n) is 3.73. The van der Waals surface area contributed by atoms with Crippen LogP contribution in [0.25, 0.3) is 0 Å². The highest BCUT2D eigenvalue weighted by molar-refractivity contribution is 8.03. The third-order valence-corrected chi connectivity index (χ3v) is 6.18. The van der Waals surface area contributed by atoms with Gasteiger partial charge in [0, 0.05) is 27.9 Å². The lowest BCUT2D eigenvalue weighted by Gasteiger charge is -2.35. The molecule has 0 amide bonds. The molecule has 5 heteroatoms. The highest BCUT2D eigenvalue weighted by Crippen LogP contribution is 2.52. The van der Waals surface area contributed by atoms with Gasteiger partial charge in [0.15, 0.2) is 17.5 Å². The maximum atomic E-state index is 14.5. The summed E-state index contributed by atoms with van der Waals surface area (Å²) in [5.74, 6) is -3.08. The molecule has 0 fully saturated rings. The fraction of sp³-hybridized carbons (Fsp3) is 0.421. The molecule has 1 unspecified atom stereocenters. The zero-order valence-corrected chi connectivity index (χ0v) is 14.4. The first-order chi connectivity index (χ1) is 11.4. The molecule has 0 radical (unpaired) electrons.